The molecule has 0 radical (unpaired) electrons. The lowest BCUT2D eigenvalue weighted by molar-refractivity contribution is 0.0964. The van der Waals surface area contributed by atoms with Crippen LogP contribution < -0.4 is 16.0 Å². The normalized spacial score (nSPS) is 10.5. The summed E-state index contributed by atoms with van der Waals surface area (Å²) in [6.07, 6.45) is 3.43. The fourth-order valence-electron chi connectivity index (χ4n) is 2.53. The van der Waals surface area contributed by atoms with Gasteiger partial charge in [-0.3, -0.25) is 9.48 Å². The number of carbonyl (C=O) groups is 1. The summed E-state index contributed by atoms with van der Waals surface area (Å²) in [6.45, 7) is 1.91. The topological polar surface area (TPSA) is 83.9 Å². The molecule has 0 fully saturated rings. The second-order valence-electron chi connectivity index (χ2n) is 5.73. The SMILES string of the molecule is CNC(=O)c1ccccc1Nc1cc(Nc2cn(C)nc2C)ncc1Cl. The number of aryl methyl sites for hydroxylation is 2. The van der Waals surface area contributed by atoms with Gasteiger partial charge in [0.2, 0.25) is 0 Å². The van der Waals surface area contributed by atoms with Crippen LogP contribution in [-0.2, 0) is 7.05 Å². The average Bonchev–Trinajstić information content (AvgIpc) is 2.94. The number of amides is 1. The standard InChI is InChI=1S/C18H19ClN6O/c1-11-16(10-25(3)24-11)23-17-8-15(13(19)9-21-17)22-14-7-5-4-6-12(14)18(26)20-2/h4-10H,1-3H3,(H,20,26)(H2,21,22,23). The van der Waals surface area contributed by atoms with Crippen molar-refractivity contribution in [2.75, 3.05) is 17.7 Å². The lowest BCUT2D eigenvalue weighted by Crippen LogP contribution is -2.19. The molecule has 0 aliphatic carbocycles. The quantitative estimate of drug-likeness (QED) is 0.638. The number of pyridine rings is 1. The summed E-state index contributed by atoms with van der Waals surface area (Å²) in [5, 5.41) is 13.8. The Kier molecular flexibility index (Phi) is 5.09. The maximum absolute atomic E-state index is 12.0. The fraction of sp³-hybridized carbons (Fsp3) is 0.167. The molecule has 0 saturated heterocycles. The zero-order valence-corrected chi connectivity index (χ0v) is 15.4. The number of halogens is 1. The Hall–Kier alpha value is -3.06. The van der Waals surface area contributed by atoms with E-state index < -0.39 is 0 Å². The van der Waals surface area contributed by atoms with E-state index in [-0.39, 0.29) is 5.91 Å². The minimum Gasteiger partial charge on any atom is -0.355 e. The molecule has 3 N–H and O–H groups in total. The van der Waals surface area contributed by atoms with Gasteiger partial charge in [0.1, 0.15) is 5.82 Å². The van der Waals surface area contributed by atoms with Crippen molar-refractivity contribution < 1.29 is 4.79 Å². The van der Waals surface area contributed by atoms with Gasteiger partial charge in [-0.1, -0.05) is 23.7 Å². The second kappa shape index (κ2) is 7.45. The number of nitrogens with one attached hydrogen (secondary N) is 3. The molecule has 0 atom stereocenters. The highest BCUT2D eigenvalue weighted by Crippen LogP contribution is 2.30. The minimum absolute atomic E-state index is 0.178. The number of carbonyl (C=O) groups excluding carboxylic acids is 1. The number of para-hydroxylation sites is 1. The van der Waals surface area contributed by atoms with Crippen molar-refractivity contribution in [3.63, 3.8) is 0 Å². The molecule has 26 heavy (non-hydrogen) atoms. The van der Waals surface area contributed by atoms with E-state index in [4.69, 9.17) is 11.6 Å². The predicted octanol–water partition coefficient (Wildman–Crippen LogP) is 3.62. The third-order valence-corrected chi connectivity index (χ3v) is 4.10. The van der Waals surface area contributed by atoms with Crippen LogP contribution in [0.4, 0.5) is 22.9 Å². The molecule has 0 aliphatic heterocycles. The van der Waals surface area contributed by atoms with Crippen molar-refractivity contribution in [2.45, 2.75) is 6.92 Å². The van der Waals surface area contributed by atoms with Crippen molar-refractivity contribution in [2.24, 2.45) is 7.05 Å². The van der Waals surface area contributed by atoms with Gasteiger partial charge in [0, 0.05) is 26.4 Å². The Balaban J connectivity index is 1.89. The van der Waals surface area contributed by atoms with Gasteiger partial charge in [-0.15, -0.1) is 0 Å². The molecule has 7 nitrogen and oxygen atoms in total. The molecule has 2 aromatic heterocycles. The Bertz CT molecular complexity index is 953. The van der Waals surface area contributed by atoms with Crippen molar-refractivity contribution in [1.82, 2.24) is 20.1 Å². The van der Waals surface area contributed by atoms with Crippen molar-refractivity contribution in [3.8, 4) is 0 Å². The van der Waals surface area contributed by atoms with Crippen molar-refractivity contribution in [1.29, 1.82) is 0 Å². The number of nitrogens with zero attached hydrogens (tertiary/aromatic N) is 3. The summed E-state index contributed by atoms with van der Waals surface area (Å²) in [5.74, 6) is 0.438. The molecule has 1 amide bonds. The van der Waals surface area contributed by atoms with E-state index in [2.05, 4.69) is 26.0 Å². The molecule has 3 rings (SSSR count). The molecule has 0 saturated carbocycles. The first-order chi connectivity index (χ1) is 12.5. The minimum atomic E-state index is -0.178. The summed E-state index contributed by atoms with van der Waals surface area (Å²) >= 11 is 6.28. The van der Waals surface area contributed by atoms with E-state index in [1.54, 1.807) is 30.1 Å². The highest BCUT2D eigenvalue weighted by molar-refractivity contribution is 6.33. The van der Waals surface area contributed by atoms with Gasteiger partial charge in [-0.05, 0) is 19.1 Å². The van der Waals surface area contributed by atoms with Gasteiger partial charge in [0.05, 0.1) is 39.5 Å². The van der Waals surface area contributed by atoms with Crippen LogP contribution in [0.15, 0.2) is 42.7 Å². The molecule has 134 valence electrons. The van der Waals surface area contributed by atoms with Gasteiger partial charge in [-0.2, -0.15) is 5.10 Å². The largest absolute Gasteiger partial charge is 0.355 e. The number of benzene rings is 1. The van der Waals surface area contributed by atoms with Crippen LogP contribution in [0.3, 0.4) is 0 Å². The number of anilines is 4. The Morgan fingerprint density at radius 1 is 1.15 bits per heavy atom. The van der Waals surface area contributed by atoms with Gasteiger partial charge in [0.25, 0.3) is 5.91 Å². The van der Waals surface area contributed by atoms with Gasteiger partial charge >= 0.3 is 0 Å². The van der Waals surface area contributed by atoms with E-state index in [1.165, 1.54) is 0 Å². The summed E-state index contributed by atoms with van der Waals surface area (Å²) in [5.41, 5.74) is 3.55. The van der Waals surface area contributed by atoms with Crippen LogP contribution in [0.25, 0.3) is 0 Å². The first-order valence-corrected chi connectivity index (χ1v) is 8.36. The number of hydrogen-bond acceptors (Lipinski definition) is 5. The van der Waals surface area contributed by atoms with Gasteiger partial charge in [-0.25, -0.2) is 4.98 Å². The summed E-state index contributed by atoms with van der Waals surface area (Å²) in [4.78, 5) is 16.3. The van der Waals surface area contributed by atoms with Crippen LogP contribution in [0.5, 0.6) is 0 Å². The molecule has 0 spiro atoms. The van der Waals surface area contributed by atoms with E-state index in [1.807, 2.05) is 38.4 Å². The molecule has 1 aromatic carbocycles. The highest BCUT2D eigenvalue weighted by atomic mass is 35.5. The number of rotatable bonds is 5. The smallest absolute Gasteiger partial charge is 0.253 e. The zero-order valence-electron chi connectivity index (χ0n) is 14.7. The van der Waals surface area contributed by atoms with E-state index in [9.17, 15) is 4.79 Å². The predicted molar refractivity (Wildman–Crippen MR) is 104 cm³/mol. The Morgan fingerprint density at radius 3 is 2.62 bits per heavy atom. The fourth-order valence-corrected chi connectivity index (χ4v) is 2.68. The van der Waals surface area contributed by atoms with E-state index in [0.717, 1.165) is 11.4 Å². The molecule has 3 aromatic rings. The van der Waals surface area contributed by atoms with Crippen LogP contribution in [-0.4, -0.2) is 27.7 Å². The van der Waals surface area contributed by atoms with E-state index >= 15 is 0 Å². The van der Waals surface area contributed by atoms with Crippen LogP contribution >= 0.6 is 11.6 Å². The van der Waals surface area contributed by atoms with Gasteiger partial charge in [0.15, 0.2) is 0 Å². The van der Waals surface area contributed by atoms with E-state index in [0.29, 0.717) is 27.8 Å². The zero-order chi connectivity index (χ0) is 18.7. The van der Waals surface area contributed by atoms with Crippen LogP contribution in [0.1, 0.15) is 16.1 Å². The Morgan fingerprint density at radius 2 is 1.92 bits per heavy atom. The summed E-state index contributed by atoms with van der Waals surface area (Å²) < 4.78 is 1.73. The highest BCUT2D eigenvalue weighted by Gasteiger charge is 2.12. The maximum Gasteiger partial charge on any atom is 0.253 e. The second-order valence-corrected chi connectivity index (χ2v) is 6.13. The molecule has 8 heteroatoms. The summed E-state index contributed by atoms with van der Waals surface area (Å²) in [7, 11) is 3.45. The lowest BCUT2D eigenvalue weighted by Gasteiger charge is -2.13. The van der Waals surface area contributed by atoms with Crippen molar-refractivity contribution in [3.05, 3.63) is 59.0 Å². The van der Waals surface area contributed by atoms with Crippen molar-refractivity contribution >= 4 is 40.4 Å². The molecule has 0 unspecified atom stereocenters. The van der Waals surface area contributed by atoms with Gasteiger partial charge < -0.3 is 16.0 Å². The first-order valence-electron chi connectivity index (χ1n) is 7.99. The number of aromatic nitrogens is 3. The molecule has 2 heterocycles. The monoisotopic (exact) mass is 370 g/mol. The third kappa shape index (κ3) is 3.78. The molecular weight excluding hydrogens is 352 g/mol. The molecule has 0 bridgehead atoms. The maximum atomic E-state index is 12.0. The molecular formula is C18H19ClN6O. The lowest BCUT2D eigenvalue weighted by atomic mass is 10.1. The first kappa shape index (κ1) is 17.8. The van der Waals surface area contributed by atoms with Crippen LogP contribution in [0.2, 0.25) is 5.02 Å². The molecule has 0 aliphatic rings. The number of hydrogen-bond donors (Lipinski definition) is 3. The summed E-state index contributed by atoms with van der Waals surface area (Å²) in [6, 6.07) is 9.01. The average molecular weight is 371 g/mol. The third-order valence-electron chi connectivity index (χ3n) is 3.80. The Labute approximate surface area is 156 Å². The van der Waals surface area contributed by atoms with Crippen LogP contribution in [0, 0.1) is 6.92 Å².